The minimum atomic E-state index is -3.49. The molecule has 9 heteroatoms. The third kappa shape index (κ3) is 4.71. The van der Waals surface area contributed by atoms with E-state index in [1.54, 1.807) is 28.6 Å². The van der Waals surface area contributed by atoms with Crippen molar-refractivity contribution in [2.24, 2.45) is 0 Å². The van der Waals surface area contributed by atoms with Gasteiger partial charge in [-0.15, -0.1) is 0 Å². The molecule has 7 nitrogen and oxygen atoms in total. The molecule has 2 aliphatic rings. The second-order valence-corrected chi connectivity index (χ2v) is 11.9. The first-order chi connectivity index (χ1) is 16.4. The summed E-state index contributed by atoms with van der Waals surface area (Å²) in [4.78, 5) is 15.0. The van der Waals surface area contributed by atoms with Crippen molar-refractivity contribution in [3.05, 3.63) is 58.8 Å². The molecule has 0 amide bonds. The molecule has 2 aromatic carbocycles. The standard InChI is InChI=1S/C25H30BrN5O2S/c1-19(29-15-17-31(18-16-29)34(32,33)21-11-9-20(26)10-12-21)24-27-23-8-4-3-7-22(23)25(28-24)30-13-5-2-6-14-30/h3-4,7-12,19H,2,5-6,13-18H2,1H3. The van der Waals surface area contributed by atoms with Crippen LogP contribution >= 0.6 is 15.9 Å². The first-order valence-electron chi connectivity index (χ1n) is 11.9. The molecule has 0 bridgehead atoms. The van der Waals surface area contributed by atoms with Crippen molar-refractivity contribution >= 4 is 42.7 Å². The van der Waals surface area contributed by atoms with Crippen LogP contribution in [0, 0.1) is 0 Å². The number of halogens is 1. The molecule has 0 saturated carbocycles. The summed E-state index contributed by atoms with van der Waals surface area (Å²) in [5.74, 6) is 1.84. The van der Waals surface area contributed by atoms with Crippen LogP contribution in [0.3, 0.4) is 0 Å². The molecule has 5 rings (SSSR count). The van der Waals surface area contributed by atoms with E-state index in [9.17, 15) is 8.42 Å². The molecular formula is C25H30BrN5O2S. The molecule has 0 radical (unpaired) electrons. The summed E-state index contributed by atoms with van der Waals surface area (Å²) in [5.41, 5.74) is 0.969. The fraction of sp³-hybridized carbons (Fsp3) is 0.440. The molecule has 2 fully saturated rings. The zero-order valence-corrected chi connectivity index (χ0v) is 21.8. The van der Waals surface area contributed by atoms with Gasteiger partial charge in [-0.25, -0.2) is 18.4 Å². The first-order valence-corrected chi connectivity index (χ1v) is 14.2. The smallest absolute Gasteiger partial charge is 0.243 e. The van der Waals surface area contributed by atoms with E-state index in [1.165, 1.54) is 19.3 Å². The van der Waals surface area contributed by atoms with Crippen LogP contribution in [0.1, 0.15) is 38.1 Å². The Hall–Kier alpha value is -2.07. The Morgan fingerprint density at radius 1 is 0.853 bits per heavy atom. The lowest BCUT2D eigenvalue weighted by atomic mass is 10.1. The van der Waals surface area contributed by atoms with Crippen molar-refractivity contribution < 1.29 is 8.42 Å². The van der Waals surface area contributed by atoms with E-state index in [0.29, 0.717) is 31.1 Å². The van der Waals surface area contributed by atoms with Crippen LogP contribution in [-0.4, -0.2) is 66.9 Å². The van der Waals surface area contributed by atoms with Crippen LogP contribution in [0.15, 0.2) is 57.9 Å². The molecule has 2 aliphatic heterocycles. The summed E-state index contributed by atoms with van der Waals surface area (Å²) >= 11 is 3.37. The van der Waals surface area contributed by atoms with E-state index >= 15 is 0 Å². The van der Waals surface area contributed by atoms with Crippen molar-refractivity contribution in [3.63, 3.8) is 0 Å². The van der Waals surface area contributed by atoms with Gasteiger partial charge >= 0.3 is 0 Å². The van der Waals surface area contributed by atoms with Crippen LogP contribution in [0.4, 0.5) is 5.82 Å². The van der Waals surface area contributed by atoms with Gasteiger partial charge in [-0.3, -0.25) is 4.90 Å². The highest BCUT2D eigenvalue weighted by molar-refractivity contribution is 9.10. The number of rotatable bonds is 5. The van der Waals surface area contributed by atoms with Gasteiger partial charge in [0.15, 0.2) is 0 Å². The summed E-state index contributed by atoms with van der Waals surface area (Å²) in [6.45, 7) is 6.38. The van der Waals surface area contributed by atoms with Crippen LogP contribution in [0.5, 0.6) is 0 Å². The van der Waals surface area contributed by atoms with E-state index in [0.717, 1.165) is 40.1 Å². The molecule has 1 unspecified atom stereocenters. The van der Waals surface area contributed by atoms with Crippen molar-refractivity contribution in [3.8, 4) is 0 Å². The SMILES string of the molecule is CC(c1nc(N2CCCCC2)c2ccccc2n1)N1CCN(S(=O)(=O)c2ccc(Br)cc2)CC1. The van der Waals surface area contributed by atoms with E-state index in [4.69, 9.17) is 9.97 Å². The Balaban J connectivity index is 1.35. The molecular weight excluding hydrogens is 514 g/mol. The largest absolute Gasteiger partial charge is 0.356 e. The zero-order chi connectivity index (χ0) is 23.7. The maximum Gasteiger partial charge on any atom is 0.243 e. The lowest BCUT2D eigenvalue weighted by Crippen LogP contribution is -2.49. The summed E-state index contributed by atoms with van der Waals surface area (Å²) in [6, 6.07) is 15.1. The fourth-order valence-electron chi connectivity index (χ4n) is 4.86. The third-order valence-corrected chi connectivity index (χ3v) is 9.34. The highest BCUT2D eigenvalue weighted by Gasteiger charge is 2.31. The molecule has 2 saturated heterocycles. The second kappa shape index (κ2) is 9.89. The summed E-state index contributed by atoms with van der Waals surface area (Å²) < 4.78 is 28.6. The number of piperidine rings is 1. The minimum Gasteiger partial charge on any atom is -0.356 e. The van der Waals surface area contributed by atoms with Gasteiger partial charge in [0.1, 0.15) is 11.6 Å². The number of para-hydroxylation sites is 1. The van der Waals surface area contributed by atoms with Gasteiger partial charge < -0.3 is 4.90 Å². The van der Waals surface area contributed by atoms with Crippen LogP contribution in [-0.2, 0) is 10.0 Å². The normalized spacial score (nSPS) is 19.4. The number of fused-ring (bicyclic) bond motifs is 1. The molecule has 180 valence electrons. The molecule has 3 heterocycles. The average molecular weight is 545 g/mol. The van der Waals surface area contributed by atoms with Crippen molar-refractivity contribution in [1.29, 1.82) is 0 Å². The highest BCUT2D eigenvalue weighted by Crippen LogP contribution is 2.30. The molecule has 0 N–H and O–H groups in total. The van der Waals surface area contributed by atoms with Crippen LogP contribution < -0.4 is 4.90 Å². The number of piperazine rings is 1. The van der Waals surface area contributed by atoms with Gasteiger partial charge in [-0.2, -0.15) is 4.31 Å². The van der Waals surface area contributed by atoms with E-state index in [1.807, 2.05) is 12.1 Å². The minimum absolute atomic E-state index is 0.00526. The van der Waals surface area contributed by atoms with Crippen molar-refractivity contribution in [2.45, 2.75) is 37.1 Å². The monoisotopic (exact) mass is 543 g/mol. The van der Waals surface area contributed by atoms with Crippen LogP contribution in [0.25, 0.3) is 10.9 Å². The van der Waals surface area contributed by atoms with Gasteiger partial charge in [-0.05, 0) is 62.6 Å². The van der Waals surface area contributed by atoms with E-state index < -0.39 is 10.0 Å². The lowest BCUT2D eigenvalue weighted by molar-refractivity contribution is 0.141. The fourth-order valence-corrected chi connectivity index (χ4v) is 6.55. The van der Waals surface area contributed by atoms with Gasteiger partial charge in [0, 0.05) is 49.1 Å². The second-order valence-electron chi connectivity index (χ2n) is 9.04. The molecule has 34 heavy (non-hydrogen) atoms. The number of hydrogen-bond acceptors (Lipinski definition) is 6. The van der Waals surface area contributed by atoms with Gasteiger partial charge in [0.2, 0.25) is 10.0 Å². The predicted molar refractivity (Wildman–Crippen MR) is 138 cm³/mol. The van der Waals surface area contributed by atoms with E-state index in [2.05, 4.69) is 44.8 Å². The third-order valence-electron chi connectivity index (χ3n) is 6.90. The van der Waals surface area contributed by atoms with Crippen LogP contribution in [0.2, 0.25) is 0 Å². The number of nitrogens with zero attached hydrogens (tertiary/aromatic N) is 5. The quantitative estimate of drug-likeness (QED) is 0.473. The van der Waals surface area contributed by atoms with Gasteiger partial charge in [0.25, 0.3) is 0 Å². The molecule has 0 spiro atoms. The Morgan fingerprint density at radius 3 is 2.24 bits per heavy atom. The molecule has 1 aromatic heterocycles. The number of aromatic nitrogens is 2. The number of sulfonamides is 1. The van der Waals surface area contributed by atoms with Crippen molar-refractivity contribution in [1.82, 2.24) is 19.2 Å². The summed E-state index contributed by atoms with van der Waals surface area (Å²) in [5, 5.41) is 1.10. The van der Waals surface area contributed by atoms with E-state index in [-0.39, 0.29) is 6.04 Å². The number of anilines is 1. The Bertz CT molecular complexity index is 1250. The highest BCUT2D eigenvalue weighted by atomic mass is 79.9. The Kier molecular flexibility index (Phi) is 6.88. The van der Waals surface area contributed by atoms with Crippen molar-refractivity contribution in [2.75, 3.05) is 44.2 Å². The first kappa shape index (κ1) is 23.7. The average Bonchev–Trinajstić information content (AvgIpc) is 2.88. The zero-order valence-electron chi connectivity index (χ0n) is 19.4. The maximum absolute atomic E-state index is 13.1. The lowest BCUT2D eigenvalue weighted by Gasteiger charge is -2.37. The number of hydrogen-bond donors (Lipinski definition) is 0. The molecule has 1 atom stereocenters. The van der Waals surface area contributed by atoms with Gasteiger partial charge in [-0.1, -0.05) is 28.1 Å². The molecule has 0 aliphatic carbocycles. The Morgan fingerprint density at radius 2 is 1.53 bits per heavy atom. The van der Waals surface area contributed by atoms with Gasteiger partial charge in [0.05, 0.1) is 16.5 Å². The number of benzene rings is 2. The summed E-state index contributed by atoms with van der Waals surface area (Å²) in [7, 11) is -3.49. The predicted octanol–water partition coefficient (Wildman–Crippen LogP) is 4.45. The summed E-state index contributed by atoms with van der Waals surface area (Å²) in [6.07, 6.45) is 3.66. The molecule has 3 aromatic rings. The Labute approximate surface area is 210 Å². The topological polar surface area (TPSA) is 69.6 Å². The maximum atomic E-state index is 13.1.